The number of benzene rings is 1. The Morgan fingerprint density at radius 2 is 2.12 bits per heavy atom. The molecule has 0 aromatic heterocycles. The predicted octanol–water partition coefficient (Wildman–Crippen LogP) is 3.35. The number of guanidine groups is 1. The van der Waals surface area contributed by atoms with Gasteiger partial charge in [0.15, 0.2) is 5.96 Å². The molecule has 1 aliphatic rings. The summed E-state index contributed by atoms with van der Waals surface area (Å²) in [6, 6.07) is 8.56. The fourth-order valence-electron chi connectivity index (χ4n) is 3.34. The molecule has 1 aromatic carbocycles. The number of aryl methyl sites for hydroxylation is 1. The van der Waals surface area contributed by atoms with E-state index in [4.69, 9.17) is 0 Å². The number of likely N-dealkylation sites (tertiary alicyclic amines) is 1. The van der Waals surface area contributed by atoms with E-state index in [1.54, 1.807) is 0 Å². The van der Waals surface area contributed by atoms with E-state index < -0.39 is 0 Å². The first-order valence-electron chi connectivity index (χ1n) is 8.82. The SMILES string of the molecule is CCCN1CCC(CNC(=NC)N(C)Cc2ccccc2C)C1.I. The highest BCUT2D eigenvalue weighted by Crippen LogP contribution is 2.15. The lowest BCUT2D eigenvalue weighted by molar-refractivity contribution is 0.324. The molecule has 24 heavy (non-hydrogen) atoms. The van der Waals surface area contributed by atoms with Gasteiger partial charge in [0.05, 0.1) is 0 Å². The van der Waals surface area contributed by atoms with E-state index in [9.17, 15) is 0 Å². The number of hydrogen-bond acceptors (Lipinski definition) is 2. The fraction of sp³-hybridized carbons (Fsp3) is 0.632. The van der Waals surface area contributed by atoms with Crippen LogP contribution in [0, 0.1) is 12.8 Å². The van der Waals surface area contributed by atoms with E-state index in [1.807, 2.05) is 7.05 Å². The Kier molecular flexibility index (Phi) is 9.66. The minimum Gasteiger partial charge on any atom is -0.356 e. The molecule has 0 spiro atoms. The number of aliphatic imine (C=N–C) groups is 1. The Hall–Kier alpha value is -0.820. The maximum atomic E-state index is 4.45. The summed E-state index contributed by atoms with van der Waals surface area (Å²) in [4.78, 5) is 9.23. The van der Waals surface area contributed by atoms with E-state index in [0.717, 1.165) is 25.0 Å². The molecule has 1 unspecified atom stereocenters. The maximum absolute atomic E-state index is 4.45. The van der Waals surface area contributed by atoms with Gasteiger partial charge in [0.25, 0.3) is 0 Å². The number of hydrogen-bond donors (Lipinski definition) is 1. The molecule has 1 saturated heterocycles. The lowest BCUT2D eigenvalue weighted by atomic mass is 10.1. The second-order valence-electron chi connectivity index (χ2n) is 6.67. The summed E-state index contributed by atoms with van der Waals surface area (Å²) >= 11 is 0. The molecule has 2 rings (SSSR count). The molecular weight excluding hydrogens is 411 g/mol. The van der Waals surface area contributed by atoms with Crippen molar-refractivity contribution in [2.75, 3.05) is 40.3 Å². The van der Waals surface area contributed by atoms with Gasteiger partial charge in [0.2, 0.25) is 0 Å². The zero-order chi connectivity index (χ0) is 16.7. The van der Waals surface area contributed by atoms with Crippen LogP contribution in [0.3, 0.4) is 0 Å². The van der Waals surface area contributed by atoms with Gasteiger partial charge in [-0.25, -0.2) is 0 Å². The van der Waals surface area contributed by atoms with Crippen LogP contribution in [0.5, 0.6) is 0 Å². The highest BCUT2D eigenvalue weighted by Gasteiger charge is 2.22. The van der Waals surface area contributed by atoms with Crippen molar-refractivity contribution in [3.63, 3.8) is 0 Å². The lowest BCUT2D eigenvalue weighted by Crippen LogP contribution is -2.41. The number of nitrogens with one attached hydrogen (secondary N) is 1. The molecule has 136 valence electrons. The third-order valence-electron chi connectivity index (χ3n) is 4.70. The van der Waals surface area contributed by atoms with Crippen molar-refractivity contribution in [2.24, 2.45) is 10.9 Å². The summed E-state index contributed by atoms with van der Waals surface area (Å²) in [5.74, 6) is 1.73. The molecule has 0 aliphatic carbocycles. The van der Waals surface area contributed by atoms with Crippen LogP contribution in [0.2, 0.25) is 0 Å². The molecule has 1 fully saturated rings. The number of halogens is 1. The van der Waals surface area contributed by atoms with Gasteiger partial charge in [0, 0.05) is 33.7 Å². The van der Waals surface area contributed by atoms with Crippen molar-refractivity contribution in [1.82, 2.24) is 15.1 Å². The van der Waals surface area contributed by atoms with Gasteiger partial charge in [-0.15, -0.1) is 24.0 Å². The minimum atomic E-state index is 0. The molecular formula is C19H33IN4. The zero-order valence-corrected chi connectivity index (χ0v) is 17.9. The first-order chi connectivity index (χ1) is 11.1. The summed E-state index contributed by atoms with van der Waals surface area (Å²) in [5, 5.41) is 3.56. The van der Waals surface area contributed by atoms with Crippen molar-refractivity contribution < 1.29 is 0 Å². The Labute approximate surface area is 164 Å². The Morgan fingerprint density at radius 1 is 1.38 bits per heavy atom. The van der Waals surface area contributed by atoms with Crippen molar-refractivity contribution in [3.05, 3.63) is 35.4 Å². The first kappa shape index (κ1) is 21.2. The summed E-state index contributed by atoms with van der Waals surface area (Å²) < 4.78 is 0. The summed E-state index contributed by atoms with van der Waals surface area (Å²) in [6.07, 6.45) is 2.55. The van der Waals surface area contributed by atoms with Gasteiger partial charge in [-0.05, 0) is 49.9 Å². The first-order valence-corrected chi connectivity index (χ1v) is 8.82. The van der Waals surface area contributed by atoms with Crippen LogP contribution in [0.4, 0.5) is 0 Å². The molecule has 5 heteroatoms. The standard InChI is InChI=1S/C19H32N4.HI/c1-5-11-23-12-10-17(14-23)13-21-19(20-3)22(4)15-18-9-7-6-8-16(18)2;/h6-9,17H,5,10-15H2,1-4H3,(H,20,21);1H. The van der Waals surface area contributed by atoms with E-state index in [-0.39, 0.29) is 24.0 Å². The highest BCUT2D eigenvalue weighted by atomic mass is 127. The van der Waals surface area contributed by atoms with E-state index >= 15 is 0 Å². The zero-order valence-electron chi connectivity index (χ0n) is 15.6. The van der Waals surface area contributed by atoms with Gasteiger partial charge in [-0.3, -0.25) is 4.99 Å². The van der Waals surface area contributed by atoms with Crippen molar-refractivity contribution in [1.29, 1.82) is 0 Å². The van der Waals surface area contributed by atoms with Crippen molar-refractivity contribution in [3.8, 4) is 0 Å². The average Bonchev–Trinajstić information content (AvgIpc) is 2.98. The van der Waals surface area contributed by atoms with Crippen LogP contribution in [0.25, 0.3) is 0 Å². The quantitative estimate of drug-likeness (QED) is 0.415. The second kappa shape index (κ2) is 10.9. The fourth-order valence-corrected chi connectivity index (χ4v) is 3.34. The summed E-state index contributed by atoms with van der Waals surface area (Å²) in [7, 11) is 3.98. The van der Waals surface area contributed by atoms with Gasteiger partial charge < -0.3 is 15.1 Å². The van der Waals surface area contributed by atoms with Crippen LogP contribution in [-0.2, 0) is 6.54 Å². The molecule has 1 N–H and O–H groups in total. The molecule has 1 atom stereocenters. The molecule has 1 aromatic rings. The van der Waals surface area contributed by atoms with Gasteiger partial charge in [0.1, 0.15) is 0 Å². The van der Waals surface area contributed by atoms with Crippen molar-refractivity contribution in [2.45, 2.75) is 33.2 Å². The molecule has 0 bridgehead atoms. The molecule has 1 aliphatic heterocycles. The molecule has 0 saturated carbocycles. The minimum absolute atomic E-state index is 0. The predicted molar refractivity (Wildman–Crippen MR) is 114 cm³/mol. The monoisotopic (exact) mass is 444 g/mol. The molecule has 4 nitrogen and oxygen atoms in total. The number of nitrogens with zero attached hydrogens (tertiary/aromatic N) is 3. The Bertz CT molecular complexity index is 518. The van der Waals surface area contributed by atoms with Crippen LogP contribution < -0.4 is 5.32 Å². The molecule has 0 amide bonds. The van der Waals surface area contributed by atoms with Gasteiger partial charge in [-0.2, -0.15) is 0 Å². The second-order valence-corrected chi connectivity index (χ2v) is 6.67. The lowest BCUT2D eigenvalue weighted by Gasteiger charge is -2.24. The average molecular weight is 444 g/mol. The van der Waals surface area contributed by atoms with Crippen LogP contribution >= 0.6 is 24.0 Å². The van der Waals surface area contributed by atoms with Crippen LogP contribution in [-0.4, -0.2) is 56.0 Å². The normalized spacial score (nSPS) is 18.3. The van der Waals surface area contributed by atoms with E-state index in [2.05, 4.69) is 65.3 Å². The topological polar surface area (TPSA) is 30.9 Å². The maximum Gasteiger partial charge on any atom is 0.193 e. The summed E-state index contributed by atoms with van der Waals surface area (Å²) in [5.41, 5.74) is 2.69. The smallest absolute Gasteiger partial charge is 0.193 e. The van der Waals surface area contributed by atoms with E-state index in [0.29, 0.717) is 0 Å². The van der Waals surface area contributed by atoms with Gasteiger partial charge in [-0.1, -0.05) is 31.2 Å². The largest absolute Gasteiger partial charge is 0.356 e. The number of rotatable bonds is 6. The highest BCUT2D eigenvalue weighted by molar-refractivity contribution is 14.0. The summed E-state index contributed by atoms with van der Waals surface area (Å²) in [6.45, 7) is 10.0. The van der Waals surface area contributed by atoms with Crippen LogP contribution in [0.15, 0.2) is 29.3 Å². The Morgan fingerprint density at radius 3 is 2.79 bits per heavy atom. The third-order valence-corrected chi connectivity index (χ3v) is 4.70. The Balaban J connectivity index is 0.00000288. The van der Waals surface area contributed by atoms with E-state index in [1.165, 1.54) is 43.6 Å². The molecule has 1 heterocycles. The molecule has 0 radical (unpaired) electrons. The van der Waals surface area contributed by atoms with Gasteiger partial charge >= 0.3 is 0 Å². The van der Waals surface area contributed by atoms with Crippen molar-refractivity contribution >= 4 is 29.9 Å². The van der Waals surface area contributed by atoms with Crippen LogP contribution in [0.1, 0.15) is 30.9 Å². The third kappa shape index (κ3) is 6.24.